The molecule has 2 aromatic rings. The number of rotatable bonds is 5. The van der Waals surface area contributed by atoms with E-state index < -0.39 is 0 Å². The predicted octanol–water partition coefficient (Wildman–Crippen LogP) is 2.97. The van der Waals surface area contributed by atoms with Gasteiger partial charge in [-0.2, -0.15) is 0 Å². The molecule has 0 saturated heterocycles. The second kappa shape index (κ2) is 7.15. The van der Waals surface area contributed by atoms with Gasteiger partial charge in [-0.05, 0) is 40.5 Å². The minimum absolute atomic E-state index is 0. The first-order valence-electron chi connectivity index (χ1n) is 6.49. The predicted molar refractivity (Wildman–Crippen MR) is 86.0 cm³/mol. The molecule has 1 aromatic heterocycles. The maximum atomic E-state index is 5.42. The van der Waals surface area contributed by atoms with Crippen LogP contribution in [0.3, 0.4) is 0 Å². The number of hydrogen-bond acceptors (Lipinski definition) is 4. The molecule has 21 heavy (non-hydrogen) atoms. The van der Waals surface area contributed by atoms with Crippen LogP contribution in [0.15, 0.2) is 35.3 Å². The summed E-state index contributed by atoms with van der Waals surface area (Å²) >= 11 is 3.51. The molecule has 0 aliphatic carbocycles. The number of nitrogens with one attached hydrogen (secondary N) is 1. The first-order valence-corrected chi connectivity index (χ1v) is 7.29. The van der Waals surface area contributed by atoms with Gasteiger partial charge in [-0.1, -0.05) is 0 Å². The molecule has 1 N–H and O–H groups in total. The van der Waals surface area contributed by atoms with Gasteiger partial charge in [0.25, 0.3) is 0 Å². The zero-order valence-electron chi connectivity index (χ0n) is 11.6. The van der Waals surface area contributed by atoms with Crippen LogP contribution in [0.2, 0.25) is 0 Å². The van der Waals surface area contributed by atoms with Crippen LogP contribution in [0.4, 0.5) is 0 Å². The summed E-state index contributed by atoms with van der Waals surface area (Å²) < 4.78 is 13.8. The zero-order valence-corrected chi connectivity index (χ0v) is 14.0. The molecule has 1 unspecified atom stereocenters. The molecule has 1 aliphatic heterocycles. The molecule has 1 aromatic carbocycles. The Morgan fingerprint density at radius 1 is 1.43 bits per heavy atom. The quantitative estimate of drug-likeness (QED) is 0.874. The fourth-order valence-corrected chi connectivity index (χ4v) is 2.79. The van der Waals surface area contributed by atoms with E-state index in [0.717, 1.165) is 29.1 Å². The Labute approximate surface area is 138 Å². The van der Waals surface area contributed by atoms with Crippen molar-refractivity contribution in [1.82, 2.24) is 14.9 Å². The summed E-state index contributed by atoms with van der Waals surface area (Å²) in [5, 5.41) is 3.49. The number of halogens is 2. The smallest absolute Gasteiger partial charge is 0.231 e. The normalized spacial score (nSPS) is 13.8. The Hall–Kier alpha value is -1.24. The van der Waals surface area contributed by atoms with Gasteiger partial charge in [0.2, 0.25) is 6.79 Å². The van der Waals surface area contributed by atoms with Crippen molar-refractivity contribution in [2.24, 2.45) is 0 Å². The highest BCUT2D eigenvalue weighted by molar-refractivity contribution is 9.10. The zero-order chi connectivity index (χ0) is 13.9. The minimum atomic E-state index is 0. The van der Waals surface area contributed by atoms with Gasteiger partial charge in [0.15, 0.2) is 11.5 Å². The first kappa shape index (κ1) is 16.1. The molecule has 1 atom stereocenters. The molecule has 0 spiro atoms. The first-order chi connectivity index (χ1) is 9.72. The average Bonchev–Trinajstić information content (AvgIpc) is 3.07. The molecule has 0 amide bonds. The summed E-state index contributed by atoms with van der Waals surface area (Å²) in [6.07, 6.45) is 5.59. The van der Waals surface area contributed by atoms with Crippen molar-refractivity contribution in [2.45, 2.75) is 26.1 Å². The highest BCUT2D eigenvalue weighted by Gasteiger charge is 2.18. The SMILES string of the molecule is CC(Cn1ccnc1)NCc1cc(Br)c2c(c1)OCO2.Cl. The van der Waals surface area contributed by atoms with Gasteiger partial charge in [0, 0.05) is 31.5 Å². The van der Waals surface area contributed by atoms with E-state index >= 15 is 0 Å². The highest BCUT2D eigenvalue weighted by Crippen LogP contribution is 2.39. The van der Waals surface area contributed by atoms with Crippen molar-refractivity contribution in [3.05, 3.63) is 40.9 Å². The van der Waals surface area contributed by atoms with Crippen LogP contribution >= 0.6 is 28.3 Å². The van der Waals surface area contributed by atoms with E-state index in [9.17, 15) is 0 Å². The summed E-state index contributed by atoms with van der Waals surface area (Å²) in [4.78, 5) is 4.04. The second-order valence-corrected chi connectivity index (χ2v) is 5.71. The summed E-state index contributed by atoms with van der Waals surface area (Å²) in [5.41, 5.74) is 1.17. The molecular formula is C14H17BrClN3O2. The number of benzene rings is 1. The number of nitrogens with zero attached hydrogens (tertiary/aromatic N) is 2. The fourth-order valence-electron chi connectivity index (χ4n) is 2.19. The Morgan fingerprint density at radius 3 is 3.05 bits per heavy atom. The monoisotopic (exact) mass is 373 g/mol. The van der Waals surface area contributed by atoms with Crippen molar-refractivity contribution in [2.75, 3.05) is 6.79 Å². The third kappa shape index (κ3) is 3.90. The van der Waals surface area contributed by atoms with Crippen LogP contribution in [0, 0.1) is 0 Å². The van der Waals surface area contributed by atoms with Gasteiger partial charge < -0.3 is 19.4 Å². The van der Waals surface area contributed by atoms with Crippen LogP contribution in [0.1, 0.15) is 12.5 Å². The Balaban J connectivity index is 0.00000161. The van der Waals surface area contributed by atoms with Crippen molar-refractivity contribution in [3.8, 4) is 11.5 Å². The highest BCUT2D eigenvalue weighted by atomic mass is 79.9. The number of aromatic nitrogens is 2. The topological polar surface area (TPSA) is 48.3 Å². The number of ether oxygens (including phenoxy) is 2. The van der Waals surface area contributed by atoms with E-state index in [2.05, 4.69) is 43.8 Å². The van der Waals surface area contributed by atoms with E-state index in [1.165, 1.54) is 5.56 Å². The van der Waals surface area contributed by atoms with E-state index in [0.29, 0.717) is 12.8 Å². The van der Waals surface area contributed by atoms with Crippen molar-refractivity contribution in [1.29, 1.82) is 0 Å². The lowest BCUT2D eigenvalue weighted by atomic mass is 10.2. The standard InChI is InChI=1S/C14H16BrN3O2.ClH/c1-10(7-18-3-2-16-8-18)17-6-11-4-12(15)14-13(5-11)19-9-20-14;/h2-5,8,10,17H,6-7,9H2,1H3;1H. The van der Waals surface area contributed by atoms with Gasteiger partial charge >= 0.3 is 0 Å². The van der Waals surface area contributed by atoms with Crippen LogP contribution in [0.5, 0.6) is 11.5 Å². The van der Waals surface area contributed by atoms with E-state index in [4.69, 9.17) is 9.47 Å². The van der Waals surface area contributed by atoms with Crippen LogP contribution in [-0.2, 0) is 13.1 Å². The third-order valence-corrected chi connectivity index (χ3v) is 3.77. The van der Waals surface area contributed by atoms with Crippen LogP contribution < -0.4 is 14.8 Å². The molecule has 0 saturated carbocycles. The van der Waals surface area contributed by atoms with E-state index in [1.807, 2.05) is 18.6 Å². The molecule has 3 rings (SSSR count). The van der Waals surface area contributed by atoms with Crippen LogP contribution in [-0.4, -0.2) is 22.4 Å². The molecular weight excluding hydrogens is 358 g/mol. The van der Waals surface area contributed by atoms with Gasteiger partial charge in [-0.15, -0.1) is 12.4 Å². The largest absolute Gasteiger partial charge is 0.454 e. The van der Waals surface area contributed by atoms with Crippen molar-refractivity contribution < 1.29 is 9.47 Å². The lowest BCUT2D eigenvalue weighted by Gasteiger charge is -2.15. The van der Waals surface area contributed by atoms with Gasteiger partial charge in [0.05, 0.1) is 10.8 Å². The molecule has 0 radical (unpaired) electrons. The van der Waals surface area contributed by atoms with Crippen molar-refractivity contribution >= 4 is 28.3 Å². The van der Waals surface area contributed by atoms with E-state index in [-0.39, 0.29) is 12.4 Å². The van der Waals surface area contributed by atoms with E-state index in [1.54, 1.807) is 6.20 Å². The Bertz CT molecular complexity index is 592. The molecule has 7 heteroatoms. The van der Waals surface area contributed by atoms with Gasteiger partial charge in [-0.25, -0.2) is 4.98 Å². The molecule has 2 heterocycles. The lowest BCUT2D eigenvalue weighted by molar-refractivity contribution is 0.173. The summed E-state index contributed by atoms with van der Waals surface area (Å²) in [5.74, 6) is 1.60. The number of fused-ring (bicyclic) bond motifs is 1. The maximum absolute atomic E-state index is 5.42. The molecule has 0 bridgehead atoms. The molecule has 0 fully saturated rings. The minimum Gasteiger partial charge on any atom is -0.454 e. The van der Waals surface area contributed by atoms with Crippen molar-refractivity contribution in [3.63, 3.8) is 0 Å². The summed E-state index contributed by atoms with van der Waals surface area (Å²) in [6, 6.07) is 4.43. The van der Waals surface area contributed by atoms with Crippen LogP contribution in [0.25, 0.3) is 0 Å². The molecule has 1 aliphatic rings. The Morgan fingerprint density at radius 2 is 2.29 bits per heavy atom. The van der Waals surface area contributed by atoms with Gasteiger partial charge in [-0.3, -0.25) is 0 Å². The third-order valence-electron chi connectivity index (χ3n) is 3.19. The second-order valence-electron chi connectivity index (χ2n) is 4.85. The van der Waals surface area contributed by atoms with Gasteiger partial charge in [0.1, 0.15) is 0 Å². The summed E-state index contributed by atoms with van der Waals surface area (Å²) in [7, 11) is 0. The molecule has 114 valence electrons. The summed E-state index contributed by atoms with van der Waals surface area (Å²) in [6.45, 7) is 4.13. The fraction of sp³-hybridized carbons (Fsp3) is 0.357. The molecule has 5 nitrogen and oxygen atoms in total. The maximum Gasteiger partial charge on any atom is 0.231 e. The number of imidazole rings is 1. The Kier molecular flexibility index (Phi) is 5.50. The lowest BCUT2D eigenvalue weighted by Crippen LogP contribution is -2.29. The average molecular weight is 375 g/mol. The number of hydrogen-bond donors (Lipinski definition) is 1.